The zero-order valence-corrected chi connectivity index (χ0v) is 12.9. The van der Waals surface area contributed by atoms with Crippen molar-refractivity contribution in [1.82, 2.24) is 10.3 Å². The molecule has 2 aromatic rings. The van der Waals surface area contributed by atoms with E-state index < -0.39 is 0 Å². The van der Waals surface area contributed by atoms with Crippen LogP contribution in [0.5, 0.6) is 5.75 Å². The van der Waals surface area contributed by atoms with E-state index in [1.807, 2.05) is 18.2 Å². The summed E-state index contributed by atoms with van der Waals surface area (Å²) in [6.07, 6.45) is 8.39. The highest BCUT2D eigenvalue weighted by Gasteiger charge is 2.14. The van der Waals surface area contributed by atoms with E-state index in [9.17, 15) is 5.11 Å². The number of hydrogen-bond donors (Lipinski definition) is 2. The lowest BCUT2D eigenvalue weighted by Gasteiger charge is -2.22. The number of rotatable bonds is 4. The van der Waals surface area contributed by atoms with Crippen molar-refractivity contribution in [2.75, 3.05) is 6.54 Å². The molecule has 0 bridgehead atoms. The van der Waals surface area contributed by atoms with E-state index in [4.69, 9.17) is 11.6 Å². The maximum Gasteiger partial charge on any atom is 0.146 e. The zero-order chi connectivity index (χ0) is 14.7. The number of fused-ring (bicyclic) bond motifs is 1. The number of pyridine rings is 1. The van der Waals surface area contributed by atoms with Crippen molar-refractivity contribution in [2.45, 2.75) is 38.6 Å². The molecular formula is C17H21ClN2O. The van der Waals surface area contributed by atoms with Crippen LogP contribution in [0.15, 0.2) is 24.4 Å². The maximum atomic E-state index is 10.3. The fourth-order valence-corrected chi connectivity index (χ4v) is 3.46. The van der Waals surface area contributed by atoms with Gasteiger partial charge in [-0.05, 0) is 43.5 Å². The Labute approximate surface area is 130 Å². The van der Waals surface area contributed by atoms with Gasteiger partial charge in [-0.1, -0.05) is 30.9 Å². The third-order valence-electron chi connectivity index (χ3n) is 4.37. The van der Waals surface area contributed by atoms with E-state index in [0.717, 1.165) is 23.4 Å². The van der Waals surface area contributed by atoms with Crippen LogP contribution in [-0.2, 0) is 6.54 Å². The summed E-state index contributed by atoms with van der Waals surface area (Å²) in [4.78, 5) is 4.24. The smallest absolute Gasteiger partial charge is 0.146 e. The number of nitrogens with zero attached hydrogens (tertiary/aromatic N) is 1. The third kappa shape index (κ3) is 3.30. The second kappa shape index (κ2) is 6.63. The highest BCUT2D eigenvalue weighted by atomic mass is 35.5. The largest absolute Gasteiger partial charge is 0.505 e. The average molecular weight is 305 g/mol. The van der Waals surface area contributed by atoms with E-state index in [2.05, 4.69) is 10.3 Å². The highest BCUT2D eigenvalue weighted by Crippen LogP contribution is 2.32. The van der Waals surface area contributed by atoms with E-state index in [1.165, 1.54) is 32.1 Å². The minimum Gasteiger partial charge on any atom is -0.505 e. The molecular weight excluding hydrogens is 284 g/mol. The van der Waals surface area contributed by atoms with Gasteiger partial charge in [-0.3, -0.25) is 4.98 Å². The molecule has 0 amide bonds. The van der Waals surface area contributed by atoms with Crippen molar-refractivity contribution < 1.29 is 5.11 Å². The Bertz CT molecular complexity index is 623. The van der Waals surface area contributed by atoms with E-state index >= 15 is 0 Å². The molecule has 0 spiro atoms. The number of nitrogens with one attached hydrogen (secondary N) is 1. The van der Waals surface area contributed by atoms with Crippen molar-refractivity contribution in [3.63, 3.8) is 0 Å². The molecule has 0 unspecified atom stereocenters. The first-order chi connectivity index (χ1) is 10.3. The Kier molecular flexibility index (Phi) is 4.61. The summed E-state index contributed by atoms with van der Waals surface area (Å²) in [6, 6.07) is 5.55. The second-order valence-corrected chi connectivity index (χ2v) is 6.31. The summed E-state index contributed by atoms with van der Waals surface area (Å²) >= 11 is 6.28. The lowest BCUT2D eigenvalue weighted by atomic mass is 9.89. The molecule has 21 heavy (non-hydrogen) atoms. The molecule has 2 N–H and O–H groups in total. The van der Waals surface area contributed by atoms with Crippen LogP contribution in [0, 0.1) is 5.92 Å². The monoisotopic (exact) mass is 304 g/mol. The topological polar surface area (TPSA) is 45.1 Å². The molecule has 1 fully saturated rings. The molecule has 0 radical (unpaired) electrons. The molecule has 3 rings (SSSR count). The zero-order valence-electron chi connectivity index (χ0n) is 12.1. The molecule has 4 heteroatoms. The van der Waals surface area contributed by atoms with Crippen molar-refractivity contribution in [1.29, 1.82) is 0 Å². The number of aromatic nitrogens is 1. The molecule has 1 aromatic carbocycles. The van der Waals surface area contributed by atoms with Crippen LogP contribution in [0.1, 0.15) is 37.7 Å². The Morgan fingerprint density at radius 2 is 2.10 bits per heavy atom. The molecule has 0 aliphatic heterocycles. The van der Waals surface area contributed by atoms with Crippen molar-refractivity contribution >= 4 is 22.5 Å². The molecule has 0 saturated heterocycles. The Morgan fingerprint density at radius 1 is 1.29 bits per heavy atom. The average Bonchev–Trinajstić information content (AvgIpc) is 2.53. The standard InChI is InChI=1S/C17H21ClN2O/c18-15-9-13(11-19-10-12-5-2-1-3-6-12)17(21)16-14(15)7-4-8-20-16/h4,7-9,12,19,21H,1-3,5-6,10-11H2. The molecule has 1 aromatic heterocycles. The van der Waals surface area contributed by atoms with Crippen LogP contribution >= 0.6 is 11.6 Å². The third-order valence-corrected chi connectivity index (χ3v) is 4.68. The van der Waals surface area contributed by atoms with Crippen LogP contribution in [-0.4, -0.2) is 16.6 Å². The summed E-state index contributed by atoms with van der Waals surface area (Å²) in [6.45, 7) is 1.64. The molecule has 1 aliphatic rings. The first-order valence-corrected chi connectivity index (χ1v) is 8.09. The van der Waals surface area contributed by atoms with Gasteiger partial charge in [-0.25, -0.2) is 0 Å². The van der Waals surface area contributed by atoms with Crippen molar-refractivity contribution in [3.05, 3.63) is 35.0 Å². The summed E-state index contributed by atoms with van der Waals surface area (Å²) in [5.74, 6) is 1.01. The number of aromatic hydroxyl groups is 1. The van der Waals surface area contributed by atoms with Crippen LogP contribution in [0.2, 0.25) is 5.02 Å². The molecule has 1 aliphatic carbocycles. The predicted molar refractivity (Wildman–Crippen MR) is 86.7 cm³/mol. The summed E-state index contributed by atoms with van der Waals surface area (Å²) in [7, 11) is 0. The Balaban J connectivity index is 1.70. The van der Waals surface area contributed by atoms with E-state index in [1.54, 1.807) is 6.20 Å². The van der Waals surface area contributed by atoms with Gasteiger partial charge in [0.2, 0.25) is 0 Å². The van der Waals surface area contributed by atoms with Gasteiger partial charge >= 0.3 is 0 Å². The number of hydrogen-bond acceptors (Lipinski definition) is 3. The SMILES string of the molecule is Oc1c(CNCC2CCCCC2)cc(Cl)c2cccnc12. The van der Waals surface area contributed by atoms with Gasteiger partial charge in [0.1, 0.15) is 11.3 Å². The normalized spacial score (nSPS) is 16.4. The molecule has 112 valence electrons. The Morgan fingerprint density at radius 3 is 2.90 bits per heavy atom. The summed E-state index contributed by atoms with van der Waals surface area (Å²) in [5.41, 5.74) is 1.40. The quantitative estimate of drug-likeness (QED) is 0.887. The van der Waals surface area contributed by atoms with Gasteiger partial charge < -0.3 is 10.4 Å². The van der Waals surface area contributed by atoms with Gasteiger partial charge in [0, 0.05) is 23.7 Å². The number of halogens is 1. The number of phenols is 1. The van der Waals surface area contributed by atoms with Crippen LogP contribution < -0.4 is 5.32 Å². The lowest BCUT2D eigenvalue weighted by molar-refractivity contribution is 0.341. The Hall–Kier alpha value is -1.32. The van der Waals surface area contributed by atoms with Gasteiger partial charge in [0.15, 0.2) is 0 Å². The first kappa shape index (κ1) is 14.6. The van der Waals surface area contributed by atoms with Crippen molar-refractivity contribution in [2.24, 2.45) is 5.92 Å². The van der Waals surface area contributed by atoms with Crippen molar-refractivity contribution in [3.8, 4) is 5.75 Å². The van der Waals surface area contributed by atoms with Gasteiger partial charge in [-0.15, -0.1) is 0 Å². The molecule has 1 saturated carbocycles. The van der Waals surface area contributed by atoms with Crippen LogP contribution in [0.3, 0.4) is 0 Å². The van der Waals surface area contributed by atoms with Gasteiger partial charge in [-0.2, -0.15) is 0 Å². The minimum absolute atomic E-state index is 0.242. The van der Waals surface area contributed by atoms with Gasteiger partial charge in [0.25, 0.3) is 0 Å². The summed E-state index contributed by atoms with van der Waals surface area (Å²) in [5, 5.41) is 15.3. The lowest BCUT2D eigenvalue weighted by Crippen LogP contribution is -2.24. The van der Waals surface area contributed by atoms with Gasteiger partial charge in [0.05, 0.1) is 5.02 Å². The second-order valence-electron chi connectivity index (χ2n) is 5.90. The number of phenolic OH excluding ortho intramolecular Hbond substituents is 1. The number of benzene rings is 1. The van der Waals surface area contributed by atoms with Crippen LogP contribution in [0.25, 0.3) is 10.9 Å². The molecule has 0 atom stereocenters. The first-order valence-electron chi connectivity index (χ1n) is 7.71. The maximum absolute atomic E-state index is 10.3. The van der Waals surface area contributed by atoms with E-state index in [-0.39, 0.29) is 5.75 Å². The fourth-order valence-electron chi connectivity index (χ4n) is 3.17. The molecule has 1 heterocycles. The van der Waals surface area contributed by atoms with E-state index in [0.29, 0.717) is 17.1 Å². The predicted octanol–water partition coefficient (Wildman–Crippen LogP) is 4.26. The minimum atomic E-state index is 0.242. The summed E-state index contributed by atoms with van der Waals surface area (Å²) < 4.78 is 0. The highest BCUT2D eigenvalue weighted by molar-refractivity contribution is 6.35. The molecule has 3 nitrogen and oxygen atoms in total. The van der Waals surface area contributed by atoms with Crippen LogP contribution in [0.4, 0.5) is 0 Å². The fraction of sp³-hybridized carbons (Fsp3) is 0.471.